The van der Waals surface area contributed by atoms with Crippen LogP contribution >= 0.6 is 0 Å². The predicted octanol–water partition coefficient (Wildman–Crippen LogP) is 2.25. The van der Waals surface area contributed by atoms with Gasteiger partial charge < -0.3 is 9.47 Å². The first-order chi connectivity index (χ1) is 11.1. The van der Waals surface area contributed by atoms with Crippen molar-refractivity contribution in [1.82, 2.24) is 0 Å². The molecule has 0 unspecified atom stereocenters. The molecule has 0 N–H and O–H groups in total. The molecule has 0 saturated heterocycles. The van der Waals surface area contributed by atoms with E-state index in [0.717, 1.165) is 19.3 Å². The van der Waals surface area contributed by atoms with E-state index in [1.165, 1.54) is 7.11 Å². The van der Waals surface area contributed by atoms with Crippen LogP contribution in [0.4, 0.5) is 0 Å². The fourth-order valence-corrected chi connectivity index (χ4v) is 4.05. The summed E-state index contributed by atoms with van der Waals surface area (Å²) in [6.07, 6.45) is 2.76. The van der Waals surface area contributed by atoms with Crippen molar-refractivity contribution in [3.8, 4) is 0 Å². The number of carbonyl (C=O) groups is 3. The van der Waals surface area contributed by atoms with Gasteiger partial charge in [0.1, 0.15) is 0 Å². The molecule has 4 atom stereocenters. The summed E-state index contributed by atoms with van der Waals surface area (Å²) >= 11 is 0. The molecule has 2 aliphatic carbocycles. The molecule has 2 saturated carbocycles. The summed E-state index contributed by atoms with van der Waals surface area (Å²) < 4.78 is 10.1. The minimum absolute atomic E-state index is 0.170. The number of hydrogen-bond acceptors (Lipinski definition) is 5. The zero-order chi connectivity index (χ0) is 16.4. The molecule has 3 rings (SSSR count). The van der Waals surface area contributed by atoms with Crippen molar-refractivity contribution in [2.24, 2.45) is 23.7 Å². The molecular weight excluding hydrogens is 296 g/mol. The molecule has 1 aromatic carbocycles. The molecular formula is C18H20O5. The molecule has 23 heavy (non-hydrogen) atoms. The Hall–Kier alpha value is -2.17. The van der Waals surface area contributed by atoms with Gasteiger partial charge in [0.2, 0.25) is 0 Å². The van der Waals surface area contributed by atoms with Crippen LogP contribution in [0.25, 0.3) is 0 Å². The Morgan fingerprint density at radius 2 is 1.61 bits per heavy atom. The highest BCUT2D eigenvalue weighted by Gasteiger charge is 2.55. The van der Waals surface area contributed by atoms with Crippen LogP contribution in [0.3, 0.4) is 0 Å². The van der Waals surface area contributed by atoms with Crippen molar-refractivity contribution >= 4 is 17.7 Å². The zero-order valence-corrected chi connectivity index (χ0v) is 13.1. The van der Waals surface area contributed by atoms with Gasteiger partial charge >= 0.3 is 11.9 Å². The van der Waals surface area contributed by atoms with Gasteiger partial charge in [-0.25, -0.2) is 0 Å². The van der Waals surface area contributed by atoms with Crippen LogP contribution in [-0.4, -0.2) is 31.4 Å². The van der Waals surface area contributed by atoms with E-state index in [0.29, 0.717) is 5.56 Å². The maximum Gasteiger partial charge on any atom is 0.310 e. The van der Waals surface area contributed by atoms with Gasteiger partial charge in [0.05, 0.1) is 18.9 Å². The molecule has 1 aromatic rings. The molecule has 122 valence electrons. The third kappa shape index (κ3) is 3.00. The first-order valence-corrected chi connectivity index (χ1v) is 7.94. The van der Waals surface area contributed by atoms with Gasteiger partial charge in [0.25, 0.3) is 0 Å². The molecule has 0 aliphatic heterocycles. The summed E-state index contributed by atoms with van der Waals surface area (Å²) in [5.41, 5.74) is 0.512. The van der Waals surface area contributed by atoms with Gasteiger partial charge in [0, 0.05) is 5.56 Å². The van der Waals surface area contributed by atoms with Gasteiger partial charge in [-0.1, -0.05) is 30.3 Å². The number of benzene rings is 1. The lowest BCUT2D eigenvalue weighted by Crippen LogP contribution is -2.37. The number of esters is 2. The molecule has 2 fully saturated rings. The van der Waals surface area contributed by atoms with Crippen molar-refractivity contribution in [2.45, 2.75) is 19.3 Å². The van der Waals surface area contributed by atoms with E-state index >= 15 is 0 Å². The standard InChI is InChI=1S/C18H20O5/c1-22-17(20)15-12-7-8-13(9-12)16(15)18(21)23-10-14(19)11-5-3-2-4-6-11/h2-6,12-13,15-16H,7-10H2,1H3/t12-,13-,15+,16-/m0/s1. The smallest absolute Gasteiger partial charge is 0.310 e. The molecule has 0 heterocycles. The highest BCUT2D eigenvalue weighted by Crippen LogP contribution is 2.53. The van der Waals surface area contributed by atoms with Crippen molar-refractivity contribution in [3.63, 3.8) is 0 Å². The minimum Gasteiger partial charge on any atom is -0.469 e. The fraction of sp³-hybridized carbons (Fsp3) is 0.500. The number of carbonyl (C=O) groups excluding carboxylic acids is 3. The van der Waals surface area contributed by atoms with Crippen LogP contribution in [0.2, 0.25) is 0 Å². The second kappa shape index (κ2) is 6.52. The Kier molecular flexibility index (Phi) is 4.46. The van der Waals surface area contributed by atoms with Crippen LogP contribution in [-0.2, 0) is 19.1 Å². The minimum atomic E-state index is -0.468. The Morgan fingerprint density at radius 1 is 1.00 bits per heavy atom. The second-order valence-electron chi connectivity index (χ2n) is 6.30. The monoisotopic (exact) mass is 316 g/mol. The third-order valence-corrected chi connectivity index (χ3v) is 5.10. The van der Waals surface area contributed by atoms with Crippen LogP contribution in [0.5, 0.6) is 0 Å². The summed E-state index contributed by atoms with van der Waals surface area (Å²) in [5.74, 6) is -1.54. The highest BCUT2D eigenvalue weighted by atomic mass is 16.5. The van der Waals surface area contributed by atoms with Crippen molar-refractivity contribution in [1.29, 1.82) is 0 Å². The Balaban J connectivity index is 1.63. The number of fused-ring (bicyclic) bond motifs is 2. The molecule has 2 aliphatic rings. The lowest BCUT2D eigenvalue weighted by Gasteiger charge is -2.27. The van der Waals surface area contributed by atoms with E-state index in [2.05, 4.69) is 0 Å². The first kappa shape index (κ1) is 15.7. The van der Waals surface area contributed by atoms with Crippen LogP contribution in [0, 0.1) is 23.7 Å². The zero-order valence-electron chi connectivity index (χ0n) is 13.1. The number of ether oxygens (including phenoxy) is 2. The van der Waals surface area contributed by atoms with E-state index < -0.39 is 17.8 Å². The van der Waals surface area contributed by atoms with E-state index in [1.807, 2.05) is 6.07 Å². The third-order valence-electron chi connectivity index (χ3n) is 5.10. The van der Waals surface area contributed by atoms with Crippen LogP contribution < -0.4 is 0 Å². The molecule has 0 spiro atoms. The Bertz CT molecular complexity index is 609. The summed E-state index contributed by atoms with van der Waals surface area (Å²) in [6.45, 7) is -0.287. The summed E-state index contributed by atoms with van der Waals surface area (Å²) in [6, 6.07) is 8.71. The second-order valence-corrected chi connectivity index (χ2v) is 6.30. The number of methoxy groups -OCH3 is 1. The molecule has 0 amide bonds. The lowest BCUT2D eigenvalue weighted by molar-refractivity contribution is -0.161. The van der Waals surface area contributed by atoms with Crippen molar-refractivity contribution < 1.29 is 23.9 Å². The molecule has 0 aromatic heterocycles. The predicted molar refractivity (Wildman–Crippen MR) is 81.6 cm³/mol. The fourth-order valence-electron chi connectivity index (χ4n) is 4.05. The van der Waals surface area contributed by atoms with E-state index in [9.17, 15) is 14.4 Å². The molecule has 5 nitrogen and oxygen atoms in total. The Labute approximate surface area is 135 Å². The van der Waals surface area contributed by atoms with E-state index in [-0.39, 0.29) is 30.2 Å². The van der Waals surface area contributed by atoms with Gasteiger partial charge in [-0.05, 0) is 31.1 Å². The SMILES string of the molecule is COC(=O)[C@@H]1[C@H]2CC[C@@H](C2)[C@@H]1C(=O)OCC(=O)c1ccccc1. The average molecular weight is 316 g/mol. The average Bonchev–Trinajstić information content (AvgIpc) is 3.20. The van der Waals surface area contributed by atoms with Gasteiger partial charge in [-0.3, -0.25) is 14.4 Å². The number of ketones is 1. The normalized spacial score (nSPS) is 28.4. The van der Waals surface area contributed by atoms with E-state index in [1.54, 1.807) is 24.3 Å². The number of hydrogen-bond donors (Lipinski definition) is 0. The highest BCUT2D eigenvalue weighted by molar-refractivity contribution is 5.98. The number of rotatable bonds is 5. The topological polar surface area (TPSA) is 69.7 Å². The summed E-state index contributed by atoms with van der Waals surface area (Å²) in [7, 11) is 1.34. The lowest BCUT2D eigenvalue weighted by atomic mass is 9.79. The maximum atomic E-state index is 12.4. The quantitative estimate of drug-likeness (QED) is 0.615. The summed E-state index contributed by atoms with van der Waals surface area (Å²) in [5, 5.41) is 0. The van der Waals surface area contributed by atoms with Gasteiger partial charge in [0.15, 0.2) is 12.4 Å². The van der Waals surface area contributed by atoms with E-state index in [4.69, 9.17) is 9.47 Å². The first-order valence-electron chi connectivity index (χ1n) is 7.94. The van der Waals surface area contributed by atoms with Gasteiger partial charge in [-0.2, -0.15) is 0 Å². The molecule has 2 bridgehead atoms. The number of Topliss-reactive ketones (excluding diaryl/α,β-unsaturated/α-hetero) is 1. The maximum absolute atomic E-state index is 12.4. The van der Waals surface area contributed by atoms with Crippen molar-refractivity contribution in [3.05, 3.63) is 35.9 Å². The molecule has 0 radical (unpaired) electrons. The van der Waals surface area contributed by atoms with Crippen LogP contribution in [0.1, 0.15) is 29.6 Å². The van der Waals surface area contributed by atoms with Crippen molar-refractivity contribution in [2.75, 3.05) is 13.7 Å². The summed E-state index contributed by atoms with van der Waals surface area (Å²) in [4.78, 5) is 36.4. The molecule has 5 heteroatoms. The largest absolute Gasteiger partial charge is 0.469 e. The van der Waals surface area contributed by atoms with Gasteiger partial charge in [-0.15, -0.1) is 0 Å². The Morgan fingerprint density at radius 3 is 2.22 bits per heavy atom. The van der Waals surface area contributed by atoms with Crippen LogP contribution in [0.15, 0.2) is 30.3 Å².